The molecule has 0 aromatic heterocycles. The number of rotatable bonds is 3. The topological polar surface area (TPSA) is 52.9 Å². The van der Waals surface area contributed by atoms with E-state index in [2.05, 4.69) is 25.8 Å². The molecule has 4 nitrogen and oxygen atoms in total. The van der Waals surface area contributed by atoms with E-state index in [-0.39, 0.29) is 17.2 Å². The molecule has 0 bridgehead atoms. The standard InChI is InChI=1S/C20H31NO3/c1-5-15-8-9-16(22)18(24-4)17(15)19-10-6-7-11-20(19,23)14(2)21(3)13-12-19/h8-9,14,22-23H,5-7,10-13H2,1-4H3. The Kier molecular flexibility index (Phi) is 4.56. The van der Waals surface area contributed by atoms with Gasteiger partial charge in [0.05, 0.1) is 12.7 Å². The third-order valence-corrected chi connectivity index (χ3v) is 6.77. The minimum atomic E-state index is -0.788. The molecule has 1 aromatic rings. The van der Waals surface area contributed by atoms with Crippen molar-refractivity contribution in [1.82, 2.24) is 4.90 Å². The van der Waals surface area contributed by atoms with Gasteiger partial charge >= 0.3 is 0 Å². The number of aryl methyl sites for hydroxylation is 1. The van der Waals surface area contributed by atoms with E-state index in [9.17, 15) is 10.2 Å². The molecule has 2 N–H and O–H groups in total. The van der Waals surface area contributed by atoms with Crippen molar-refractivity contribution in [2.24, 2.45) is 0 Å². The number of phenolic OH excluding ortho intramolecular Hbond substituents is 1. The van der Waals surface area contributed by atoms with Crippen molar-refractivity contribution in [2.45, 2.75) is 69.4 Å². The first-order valence-electron chi connectivity index (χ1n) is 9.23. The molecule has 134 valence electrons. The van der Waals surface area contributed by atoms with Crippen LogP contribution >= 0.6 is 0 Å². The van der Waals surface area contributed by atoms with E-state index in [4.69, 9.17) is 4.74 Å². The number of aliphatic hydroxyl groups is 1. The SMILES string of the molecule is CCc1ccc(O)c(OC)c1C12CCCCC1(O)C(C)N(C)CC2. The van der Waals surface area contributed by atoms with Gasteiger partial charge in [0, 0.05) is 17.0 Å². The average Bonchev–Trinajstić information content (AvgIpc) is 2.59. The van der Waals surface area contributed by atoms with Crippen LogP contribution in [0.4, 0.5) is 0 Å². The molecule has 0 spiro atoms. The monoisotopic (exact) mass is 333 g/mol. The van der Waals surface area contributed by atoms with Gasteiger partial charge in [0.15, 0.2) is 11.5 Å². The number of hydrogen-bond acceptors (Lipinski definition) is 4. The molecule has 1 aromatic carbocycles. The predicted molar refractivity (Wildman–Crippen MR) is 95.8 cm³/mol. The second-order valence-corrected chi connectivity index (χ2v) is 7.63. The van der Waals surface area contributed by atoms with E-state index in [0.717, 1.165) is 50.6 Å². The predicted octanol–water partition coefficient (Wildman–Crippen LogP) is 3.23. The Morgan fingerprint density at radius 1 is 1.25 bits per heavy atom. The number of hydrogen-bond donors (Lipinski definition) is 2. The highest BCUT2D eigenvalue weighted by Crippen LogP contribution is 2.57. The molecule has 1 saturated carbocycles. The van der Waals surface area contributed by atoms with Crippen LogP contribution in [0.2, 0.25) is 0 Å². The number of nitrogens with zero attached hydrogens (tertiary/aromatic N) is 1. The van der Waals surface area contributed by atoms with Crippen LogP contribution in [0.1, 0.15) is 57.1 Å². The number of benzene rings is 1. The largest absolute Gasteiger partial charge is 0.504 e. The summed E-state index contributed by atoms with van der Waals surface area (Å²) in [7, 11) is 3.72. The number of aromatic hydroxyl groups is 1. The first kappa shape index (κ1) is 17.6. The fourth-order valence-electron chi connectivity index (χ4n) is 5.26. The van der Waals surface area contributed by atoms with Crippen LogP contribution < -0.4 is 4.74 Å². The fraction of sp³-hybridized carbons (Fsp3) is 0.700. The zero-order chi connectivity index (χ0) is 17.5. The van der Waals surface area contributed by atoms with Crippen molar-refractivity contribution >= 4 is 0 Å². The summed E-state index contributed by atoms with van der Waals surface area (Å²) < 4.78 is 5.65. The summed E-state index contributed by atoms with van der Waals surface area (Å²) in [5.74, 6) is 0.741. The Bertz CT molecular complexity index is 617. The van der Waals surface area contributed by atoms with Gasteiger partial charge in [-0.1, -0.05) is 25.8 Å². The highest BCUT2D eigenvalue weighted by Gasteiger charge is 2.60. The molecular formula is C20H31NO3. The highest BCUT2D eigenvalue weighted by molar-refractivity contribution is 5.56. The Morgan fingerprint density at radius 2 is 1.96 bits per heavy atom. The van der Waals surface area contributed by atoms with Crippen LogP contribution in [0.25, 0.3) is 0 Å². The van der Waals surface area contributed by atoms with Gasteiger partial charge in [0.2, 0.25) is 0 Å². The number of piperidine rings is 1. The molecule has 24 heavy (non-hydrogen) atoms. The summed E-state index contributed by atoms with van der Waals surface area (Å²) in [5, 5.41) is 22.3. The van der Waals surface area contributed by atoms with E-state index >= 15 is 0 Å². The number of ether oxygens (including phenoxy) is 1. The lowest BCUT2D eigenvalue weighted by Gasteiger charge is -2.60. The van der Waals surface area contributed by atoms with Crippen LogP contribution in [0.5, 0.6) is 11.5 Å². The van der Waals surface area contributed by atoms with Crippen LogP contribution in [-0.2, 0) is 11.8 Å². The second kappa shape index (κ2) is 6.23. The Morgan fingerprint density at radius 3 is 2.62 bits per heavy atom. The summed E-state index contributed by atoms with van der Waals surface area (Å²) in [5.41, 5.74) is 1.10. The molecule has 1 aliphatic heterocycles. The average molecular weight is 333 g/mol. The zero-order valence-corrected chi connectivity index (χ0v) is 15.4. The van der Waals surface area contributed by atoms with E-state index in [1.54, 1.807) is 13.2 Å². The van der Waals surface area contributed by atoms with Gasteiger partial charge in [-0.2, -0.15) is 0 Å². The molecule has 1 saturated heterocycles. The maximum atomic E-state index is 11.9. The molecule has 1 heterocycles. The van der Waals surface area contributed by atoms with Gasteiger partial charge in [-0.15, -0.1) is 0 Å². The maximum Gasteiger partial charge on any atom is 0.164 e. The lowest BCUT2D eigenvalue weighted by Crippen LogP contribution is -2.68. The molecule has 3 rings (SSSR count). The molecule has 2 aliphatic rings. The van der Waals surface area contributed by atoms with Crippen molar-refractivity contribution in [1.29, 1.82) is 0 Å². The first-order chi connectivity index (χ1) is 11.4. The highest BCUT2D eigenvalue weighted by atomic mass is 16.5. The number of likely N-dealkylation sites (tertiary alicyclic amines) is 1. The van der Waals surface area contributed by atoms with Gasteiger partial charge in [0.1, 0.15) is 0 Å². The third kappa shape index (κ3) is 2.26. The molecule has 0 amide bonds. The molecule has 0 radical (unpaired) electrons. The van der Waals surface area contributed by atoms with Crippen LogP contribution in [-0.4, -0.2) is 47.5 Å². The molecule has 1 aliphatic carbocycles. The van der Waals surface area contributed by atoms with Gasteiger partial charge in [-0.05, 0) is 57.8 Å². The summed E-state index contributed by atoms with van der Waals surface area (Å²) >= 11 is 0. The number of methoxy groups -OCH3 is 1. The van der Waals surface area contributed by atoms with Crippen LogP contribution in [0.3, 0.4) is 0 Å². The van der Waals surface area contributed by atoms with Crippen molar-refractivity contribution < 1.29 is 14.9 Å². The van der Waals surface area contributed by atoms with Crippen molar-refractivity contribution in [3.63, 3.8) is 0 Å². The smallest absolute Gasteiger partial charge is 0.164 e. The zero-order valence-electron chi connectivity index (χ0n) is 15.4. The molecule has 4 heteroatoms. The van der Waals surface area contributed by atoms with Gasteiger partial charge in [-0.25, -0.2) is 0 Å². The van der Waals surface area contributed by atoms with E-state index < -0.39 is 5.60 Å². The van der Waals surface area contributed by atoms with Crippen molar-refractivity contribution in [3.8, 4) is 11.5 Å². The second-order valence-electron chi connectivity index (χ2n) is 7.63. The molecule has 2 fully saturated rings. The minimum absolute atomic E-state index is 0.0864. The van der Waals surface area contributed by atoms with Crippen molar-refractivity contribution in [2.75, 3.05) is 20.7 Å². The maximum absolute atomic E-state index is 11.9. The Hall–Kier alpha value is -1.26. The first-order valence-corrected chi connectivity index (χ1v) is 9.23. The minimum Gasteiger partial charge on any atom is -0.504 e. The van der Waals surface area contributed by atoms with Crippen LogP contribution in [0, 0.1) is 0 Å². The Balaban J connectivity index is 2.27. The Labute approximate surface area is 145 Å². The lowest BCUT2D eigenvalue weighted by atomic mass is 9.53. The van der Waals surface area contributed by atoms with Gasteiger partial charge in [0.25, 0.3) is 0 Å². The molecular weight excluding hydrogens is 302 g/mol. The lowest BCUT2D eigenvalue weighted by molar-refractivity contribution is -0.149. The molecule has 3 atom stereocenters. The molecule has 3 unspecified atom stereocenters. The van der Waals surface area contributed by atoms with Crippen molar-refractivity contribution in [3.05, 3.63) is 23.3 Å². The number of fused-ring (bicyclic) bond motifs is 1. The summed E-state index contributed by atoms with van der Waals surface area (Å²) in [4.78, 5) is 2.27. The number of likely N-dealkylation sites (N-methyl/N-ethyl adjacent to an activating group) is 1. The number of phenols is 1. The summed E-state index contributed by atoms with van der Waals surface area (Å²) in [6, 6.07) is 3.81. The van der Waals surface area contributed by atoms with E-state index in [1.807, 2.05) is 6.07 Å². The third-order valence-electron chi connectivity index (χ3n) is 6.77. The van der Waals surface area contributed by atoms with E-state index in [0.29, 0.717) is 5.75 Å². The normalized spacial score (nSPS) is 34.0. The summed E-state index contributed by atoms with van der Waals surface area (Å²) in [6.07, 6.45) is 5.69. The summed E-state index contributed by atoms with van der Waals surface area (Å²) in [6.45, 7) is 5.22. The van der Waals surface area contributed by atoms with Gasteiger partial charge < -0.3 is 19.8 Å². The van der Waals surface area contributed by atoms with Gasteiger partial charge in [-0.3, -0.25) is 0 Å². The quantitative estimate of drug-likeness (QED) is 0.892. The fourth-order valence-corrected chi connectivity index (χ4v) is 5.26. The van der Waals surface area contributed by atoms with E-state index in [1.165, 1.54) is 5.56 Å². The van der Waals surface area contributed by atoms with Crippen LogP contribution in [0.15, 0.2) is 12.1 Å².